The van der Waals surface area contributed by atoms with E-state index in [2.05, 4.69) is 15.9 Å². The van der Waals surface area contributed by atoms with Gasteiger partial charge in [0.2, 0.25) is 5.90 Å². The van der Waals surface area contributed by atoms with Gasteiger partial charge in [-0.15, -0.1) is 0 Å². The second-order valence-electron chi connectivity index (χ2n) is 9.73. The van der Waals surface area contributed by atoms with Gasteiger partial charge in [-0.3, -0.25) is 9.71 Å². The Morgan fingerprint density at radius 3 is 2.09 bits per heavy atom. The van der Waals surface area contributed by atoms with Gasteiger partial charge < -0.3 is 9.47 Å². The van der Waals surface area contributed by atoms with Crippen LogP contribution in [0.1, 0.15) is 11.1 Å². The van der Waals surface area contributed by atoms with Crippen LogP contribution in [0.5, 0.6) is 5.75 Å². The quantitative estimate of drug-likeness (QED) is 0.111. The maximum atomic E-state index is 15.6. The fourth-order valence-corrected chi connectivity index (χ4v) is 7.23. The van der Waals surface area contributed by atoms with E-state index in [4.69, 9.17) is 26.5 Å². The van der Waals surface area contributed by atoms with Gasteiger partial charge in [0.15, 0.2) is 12.4 Å². The molecule has 0 aromatic heterocycles. The predicted molar refractivity (Wildman–Crippen MR) is 175 cm³/mol. The molecule has 0 amide bonds. The molecule has 10 heteroatoms. The Morgan fingerprint density at radius 2 is 1.43 bits per heavy atom. The number of ether oxygens (including phenoxy) is 2. The predicted octanol–water partition coefficient (Wildman–Crippen LogP) is 8.88. The maximum Gasteiger partial charge on any atom is 0.268 e. The van der Waals surface area contributed by atoms with Crippen molar-refractivity contribution in [3.8, 4) is 16.9 Å². The normalized spacial score (nSPS) is 11.2. The van der Waals surface area contributed by atoms with Crippen LogP contribution in [0, 0.1) is 11.2 Å². The lowest BCUT2D eigenvalue weighted by Crippen LogP contribution is -2.32. The van der Waals surface area contributed by atoms with Crippen LogP contribution >= 0.6 is 27.5 Å². The molecular formula is C34H27BrClFN2O4S. The lowest BCUT2D eigenvalue weighted by atomic mass is 10.0. The fourth-order valence-electron chi connectivity index (χ4n) is 4.47. The van der Waals surface area contributed by atoms with Crippen molar-refractivity contribution < 1.29 is 22.3 Å². The number of hydrogen-bond acceptors (Lipinski definition) is 5. The first kappa shape index (κ1) is 31.3. The van der Waals surface area contributed by atoms with Crippen molar-refractivity contribution in [1.82, 2.24) is 0 Å². The van der Waals surface area contributed by atoms with Gasteiger partial charge in [-0.25, -0.2) is 12.8 Å². The van der Waals surface area contributed by atoms with Crippen LogP contribution in [-0.4, -0.2) is 20.9 Å². The zero-order valence-corrected chi connectivity index (χ0v) is 26.4. The zero-order valence-electron chi connectivity index (χ0n) is 23.3. The molecule has 44 heavy (non-hydrogen) atoms. The molecule has 0 atom stereocenters. The van der Waals surface area contributed by atoms with E-state index in [9.17, 15) is 8.42 Å². The molecule has 0 saturated heterocycles. The summed E-state index contributed by atoms with van der Waals surface area (Å²) in [4.78, 5) is -0.298. The highest BCUT2D eigenvalue weighted by Crippen LogP contribution is 2.40. The van der Waals surface area contributed by atoms with Crippen LogP contribution < -0.4 is 9.04 Å². The molecule has 1 N–H and O–H groups in total. The third-order valence-corrected chi connectivity index (χ3v) is 9.21. The first-order valence-corrected chi connectivity index (χ1v) is 16.1. The summed E-state index contributed by atoms with van der Waals surface area (Å²) < 4.78 is 57.3. The molecule has 5 aromatic rings. The van der Waals surface area contributed by atoms with Gasteiger partial charge in [0, 0.05) is 5.02 Å². The van der Waals surface area contributed by atoms with Gasteiger partial charge >= 0.3 is 0 Å². The molecule has 0 bridgehead atoms. The number of anilines is 1. The van der Waals surface area contributed by atoms with Gasteiger partial charge in [-0.1, -0.05) is 109 Å². The number of halogens is 3. The molecule has 224 valence electrons. The smallest absolute Gasteiger partial charge is 0.268 e. The largest absolute Gasteiger partial charge is 0.481 e. The molecule has 0 fully saturated rings. The van der Waals surface area contributed by atoms with Gasteiger partial charge in [0.05, 0.1) is 16.7 Å². The first-order valence-electron chi connectivity index (χ1n) is 13.5. The minimum Gasteiger partial charge on any atom is -0.481 e. The van der Waals surface area contributed by atoms with Crippen LogP contribution in [0.2, 0.25) is 5.02 Å². The molecule has 0 heterocycles. The Morgan fingerprint density at radius 1 is 0.818 bits per heavy atom. The van der Waals surface area contributed by atoms with Crippen molar-refractivity contribution >= 4 is 49.1 Å². The number of hydrogen-bond donors (Lipinski definition) is 1. The summed E-state index contributed by atoms with van der Waals surface area (Å²) in [5.74, 6) is -1.01. The van der Waals surface area contributed by atoms with Crippen LogP contribution in [0.4, 0.5) is 10.1 Å². The Kier molecular flexibility index (Phi) is 9.99. The average molecular weight is 694 g/mol. The Labute approximate surface area is 269 Å². The molecule has 5 aromatic carbocycles. The number of benzene rings is 5. The van der Waals surface area contributed by atoms with Crippen LogP contribution in [0.3, 0.4) is 0 Å². The van der Waals surface area contributed by atoms with Crippen molar-refractivity contribution in [2.24, 2.45) is 0 Å². The highest BCUT2D eigenvalue weighted by molar-refractivity contribution is 9.10. The van der Waals surface area contributed by atoms with Crippen molar-refractivity contribution in [2.75, 3.05) is 10.9 Å². The van der Waals surface area contributed by atoms with Crippen molar-refractivity contribution in [3.63, 3.8) is 0 Å². The van der Waals surface area contributed by atoms with E-state index in [0.29, 0.717) is 11.1 Å². The van der Waals surface area contributed by atoms with E-state index in [0.717, 1.165) is 15.4 Å². The molecule has 0 aliphatic rings. The van der Waals surface area contributed by atoms with E-state index >= 15 is 4.39 Å². The zero-order chi connectivity index (χ0) is 31.1. The fraction of sp³-hybridized carbons (Fsp3) is 0.0882. The summed E-state index contributed by atoms with van der Waals surface area (Å²) in [5, 5.41) is 8.35. The van der Waals surface area contributed by atoms with E-state index < -0.39 is 15.8 Å². The standard InChI is InChI=1S/C34H27BrClFN2O4S/c35-29-19-28(36)20-32(34(29)43-23-33(38)42-22-25-12-6-2-7-13-25)44(40,41)39(21-24-10-4-1-5-11-24)31-18-27(16-17-30(31)37)26-14-8-3-9-15-26/h1-20,38H,21-23H2. The third kappa shape index (κ3) is 7.48. The summed E-state index contributed by atoms with van der Waals surface area (Å²) in [5.41, 5.74) is 2.80. The minimum atomic E-state index is -4.51. The van der Waals surface area contributed by atoms with Crippen molar-refractivity contribution in [2.45, 2.75) is 18.0 Å². The van der Waals surface area contributed by atoms with E-state index in [1.54, 1.807) is 30.3 Å². The van der Waals surface area contributed by atoms with Gasteiger partial charge in [0.25, 0.3) is 10.0 Å². The molecule has 0 spiro atoms. The number of nitrogens with one attached hydrogen (secondary N) is 1. The highest BCUT2D eigenvalue weighted by Gasteiger charge is 2.32. The van der Waals surface area contributed by atoms with Gasteiger partial charge in [-0.05, 0) is 62.4 Å². The highest BCUT2D eigenvalue weighted by atomic mass is 79.9. The van der Waals surface area contributed by atoms with Crippen molar-refractivity contribution in [1.29, 1.82) is 5.41 Å². The molecule has 0 aliphatic carbocycles. The molecule has 5 rings (SSSR count). The second-order valence-corrected chi connectivity index (χ2v) is 12.9. The van der Waals surface area contributed by atoms with Crippen LogP contribution in [0.15, 0.2) is 131 Å². The van der Waals surface area contributed by atoms with Crippen molar-refractivity contribution in [3.05, 3.63) is 148 Å². The average Bonchev–Trinajstić information content (AvgIpc) is 3.03. The van der Waals surface area contributed by atoms with E-state index in [-0.39, 0.29) is 51.5 Å². The van der Waals surface area contributed by atoms with Gasteiger partial charge in [-0.2, -0.15) is 0 Å². The first-order chi connectivity index (χ1) is 21.2. The monoisotopic (exact) mass is 692 g/mol. The SMILES string of the molecule is N=C(COc1c(Br)cc(Cl)cc1S(=O)(=O)N(Cc1ccccc1)c1cc(-c2ccccc2)ccc1F)OCc1ccccc1. The molecule has 6 nitrogen and oxygen atoms in total. The lowest BCUT2D eigenvalue weighted by Gasteiger charge is -2.27. The summed E-state index contributed by atoms with van der Waals surface area (Å²) >= 11 is 9.71. The summed E-state index contributed by atoms with van der Waals surface area (Å²) in [6.45, 7) is -0.373. The molecular weight excluding hydrogens is 667 g/mol. The molecule has 0 saturated carbocycles. The third-order valence-electron chi connectivity index (χ3n) is 6.64. The number of rotatable bonds is 11. The second kappa shape index (κ2) is 14.1. The number of nitrogens with zero attached hydrogens (tertiary/aromatic N) is 1. The van der Waals surface area contributed by atoms with Crippen LogP contribution in [-0.2, 0) is 27.9 Å². The summed E-state index contributed by atoms with van der Waals surface area (Å²) in [7, 11) is -4.51. The Bertz CT molecular complexity index is 1860. The molecule has 0 radical (unpaired) electrons. The Hall–Kier alpha value is -4.18. The summed E-state index contributed by atoms with van der Waals surface area (Å²) in [6.07, 6.45) is 0. The molecule has 0 unspecified atom stereocenters. The number of sulfonamides is 1. The summed E-state index contributed by atoms with van der Waals surface area (Å²) in [6, 6.07) is 34.6. The van der Waals surface area contributed by atoms with Crippen LogP contribution in [0.25, 0.3) is 11.1 Å². The van der Waals surface area contributed by atoms with E-state index in [1.165, 1.54) is 24.3 Å². The lowest BCUT2D eigenvalue weighted by molar-refractivity contribution is 0.247. The topological polar surface area (TPSA) is 79.7 Å². The van der Waals surface area contributed by atoms with E-state index in [1.807, 2.05) is 66.7 Å². The molecule has 0 aliphatic heterocycles. The Balaban J connectivity index is 1.53. The minimum absolute atomic E-state index is 0.0832. The van der Waals surface area contributed by atoms with Gasteiger partial charge in [0.1, 0.15) is 17.3 Å². The maximum absolute atomic E-state index is 15.6.